The van der Waals surface area contributed by atoms with Crippen molar-refractivity contribution in [2.45, 2.75) is 58.5 Å². The molecule has 0 fully saturated rings. The molecule has 0 aromatic heterocycles. The van der Waals surface area contributed by atoms with E-state index in [1.54, 1.807) is 12.1 Å². The molecular weight excluding hydrogens is 269 g/mol. The lowest BCUT2D eigenvalue weighted by molar-refractivity contribution is -0.140. The van der Waals surface area contributed by atoms with Crippen LogP contribution in [0.4, 0.5) is 10.1 Å². The van der Waals surface area contributed by atoms with Gasteiger partial charge in [0.1, 0.15) is 11.9 Å². The lowest BCUT2D eigenvalue weighted by Gasteiger charge is -2.51. The predicted octanol–water partition coefficient (Wildman–Crippen LogP) is 4.03. The van der Waals surface area contributed by atoms with Crippen LogP contribution >= 0.6 is 0 Å². The highest BCUT2D eigenvalue weighted by molar-refractivity contribution is 5.80. The summed E-state index contributed by atoms with van der Waals surface area (Å²) in [4.78, 5) is 13.7. The summed E-state index contributed by atoms with van der Waals surface area (Å²) in [5.74, 6) is -0.920. The van der Waals surface area contributed by atoms with Gasteiger partial charge in [0.2, 0.25) is 0 Å². The molecule has 1 aliphatic rings. The molecule has 0 amide bonds. The Balaban J connectivity index is 2.62. The first kappa shape index (κ1) is 15.8. The second-order valence-corrected chi connectivity index (χ2v) is 7.02. The zero-order valence-electron chi connectivity index (χ0n) is 13.4. The van der Waals surface area contributed by atoms with E-state index in [4.69, 9.17) is 0 Å². The summed E-state index contributed by atoms with van der Waals surface area (Å²) in [5, 5.41) is 9.66. The van der Waals surface area contributed by atoms with Crippen LogP contribution in [-0.2, 0) is 4.79 Å². The molecule has 0 bridgehead atoms. The summed E-state index contributed by atoms with van der Waals surface area (Å²) in [6.45, 7) is 10.0. The van der Waals surface area contributed by atoms with Crippen LogP contribution in [0.1, 0.15) is 52.5 Å². The van der Waals surface area contributed by atoms with Crippen molar-refractivity contribution in [1.82, 2.24) is 0 Å². The molecular formula is C17H24FNO2. The molecule has 4 heteroatoms. The smallest absolute Gasteiger partial charge is 0.326 e. The van der Waals surface area contributed by atoms with Gasteiger partial charge in [0, 0.05) is 11.2 Å². The summed E-state index contributed by atoms with van der Waals surface area (Å²) in [7, 11) is 0. The van der Waals surface area contributed by atoms with E-state index in [0.29, 0.717) is 0 Å². The van der Waals surface area contributed by atoms with Gasteiger partial charge >= 0.3 is 5.97 Å². The van der Waals surface area contributed by atoms with E-state index < -0.39 is 12.0 Å². The number of hydrogen-bond acceptors (Lipinski definition) is 2. The Morgan fingerprint density at radius 2 is 2.05 bits per heavy atom. The van der Waals surface area contributed by atoms with Crippen LogP contribution in [0.15, 0.2) is 18.2 Å². The average Bonchev–Trinajstić information content (AvgIpc) is 2.33. The van der Waals surface area contributed by atoms with Crippen molar-refractivity contribution in [3.05, 3.63) is 29.6 Å². The first-order valence-corrected chi connectivity index (χ1v) is 7.46. The second-order valence-electron chi connectivity index (χ2n) is 7.02. The number of carboxylic acids is 1. The van der Waals surface area contributed by atoms with E-state index >= 15 is 0 Å². The number of fused-ring (bicyclic) bond motifs is 1. The number of halogens is 1. The lowest BCUT2D eigenvalue weighted by Crippen LogP contribution is -2.58. The topological polar surface area (TPSA) is 40.5 Å². The number of carboxylic acid groups (broad SMARTS) is 1. The molecule has 1 N–H and O–H groups in total. The molecule has 1 aromatic carbocycles. The molecule has 2 rings (SSSR count). The van der Waals surface area contributed by atoms with Crippen molar-refractivity contribution < 1.29 is 14.3 Å². The predicted molar refractivity (Wildman–Crippen MR) is 82.3 cm³/mol. The van der Waals surface area contributed by atoms with Gasteiger partial charge in [-0.1, -0.05) is 20.8 Å². The quantitative estimate of drug-likeness (QED) is 0.914. The van der Waals surface area contributed by atoms with Crippen molar-refractivity contribution in [3.63, 3.8) is 0 Å². The highest BCUT2D eigenvalue weighted by Gasteiger charge is 2.43. The first-order chi connectivity index (χ1) is 9.65. The van der Waals surface area contributed by atoms with Gasteiger partial charge in [0.05, 0.1) is 0 Å². The Morgan fingerprint density at radius 1 is 1.43 bits per heavy atom. The molecule has 0 radical (unpaired) electrons. The Kier molecular flexibility index (Phi) is 4.00. The fraction of sp³-hybridized carbons (Fsp3) is 0.588. The van der Waals surface area contributed by atoms with Crippen LogP contribution < -0.4 is 4.90 Å². The fourth-order valence-electron chi connectivity index (χ4n) is 3.64. The third-order valence-corrected chi connectivity index (χ3v) is 4.40. The van der Waals surface area contributed by atoms with Gasteiger partial charge < -0.3 is 10.0 Å². The number of benzene rings is 1. The number of anilines is 1. The Labute approximate surface area is 125 Å². The molecule has 2 atom stereocenters. The van der Waals surface area contributed by atoms with Crippen LogP contribution in [0.2, 0.25) is 0 Å². The number of nitrogens with zero attached hydrogens (tertiary/aromatic N) is 1. The Bertz CT molecular complexity index is 554. The highest BCUT2D eigenvalue weighted by atomic mass is 19.1. The van der Waals surface area contributed by atoms with Crippen molar-refractivity contribution >= 4 is 11.7 Å². The number of aliphatic carboxylic acids is 1. The summed E-state index contributed by atoms with van der Waals surface area (Å²) in [5.41, 5.74) is 1.47. The molecule has 0 unspecified atom stereocenters. The molecule has 1 heterocycles. The van der Waals surface area contributed by atoms with Crippen LogP contribution in [0.5, 0.6) is 0 Å². The number of hydrogen-bond donors (Lipinski definition) is 1. The molecule has 0 aliphatic carbocycles. The molecule has 0 spiro atoms. The van der Waals surface area contributed by atoms with E-state index in [1.807, 2.05) is 18.7 Å². The van der Waals surface area contributed by atoms with Crippen molar-refractivity contribution in [2.24, 2.45) is 5.92 Å². The lowest BCUT2D eigenvalue weighted by atomic mass is 9.78. The third kappa shape index (κ3) is 2.76. The second kappa shape index (κ2) is 5.32. The number of carbonyl (C=O) groups is 1. The van der Waals surface area contributed by atoms with Crippen molar-refractivity contribution in [2.75, 3.05) is 4.90 Å². The minimum absolute atomic E-state index is 0.0342. The zero-order chi connectivity index (χ0) is 15.9. The fourth-order valence-corrected chi connectivity index (χ4v) is 3.64. The van der Waals surface area contributed by atoms with Gasteiger partial charge in [-0.3, -0.25) is 0 Å². The van der Waals surface area contributed by atoms with Crippen molar-refractivity contribution in [3.8, 4) is 0 Å². The van der Waals surface area contributed by atoms with Crippen molar-refractivity contribution in [1.29, 1.82) is 0 Å². The first-order valence-electron chi connectivity index (χ1n) is 7.46. The average molecular weight is 293 g/mol. The monoisotopic (exact) mass is 293 g/mol. The molecule has 3 nitrogen and oxygen atoms in total. The van der Waals surface area contributed by atoms with E-state index in [9.17, 15) is 14.3 Å². The number of rotatable bonds is 3. The van der Waals surface area contributed by atoms with E-state index in [0.717, 1.165) is 17.7 Å². The maximum absolute atomic E-state index is 13.6. The molecule has 0 saturated heterocycles. The van der Waals surface area contributed by atoms with E-state index in [2.05, 4.69) is 20.8 Å². The third-order valence-electron chi connectivity index (χ3n) is 4.40. The van der Waals surface area contributed by atoms with Gasteiger partial charge in [-0.2, -0.15) is 0 Å². The van der Waals surface area contributed by atoms with Gasteiger partial charge in [-0.25, -0.2) is 9.18 Å². The van der Waals surface area contributed by atoms with Crippen LogP contribution in [-0.4, -0.2) is 22.7 Å². The highest BCUT2D eigenvalue weighted by Crippen LogP contribution is 2.45. The largest absolute Gasteiger partial charge is 0.480 e. The normalized spacial score (nSPS) is 22.0. The van der Waals surface area contributed by atoms with E-state index in [-0.39, 0.29) is 23.2 Å². The summed E-state index contributed by atoms with van der Waals surface area (Å²) in [6, 6.07) is 4.07. The van der Waals surface area contributed by atoms with Gasteiger partial charge in [0.15, 0.2) is 0 Å². The molecule has 0 saturated carbocycles. The molecule has 1 aromatic rings. The van der Waals surface area contributed by atoms with Crippen LogP contribution in [0.3, 0.4) is 0 Å². The van der Waals surface area contributed by atoms with Crippen LogP contribution in [0.25, 0.3) is 0 Å². The Hall–Kier alpha value is -1.58. The van der Waals surface area contributed by atoms with E-state index in [1.165, 1.54) is 6.07 Å². The minimum Gasteiger partial charge on any atom is -0.480 e. The van der Waals surface area contributed by atoms with Gasteiger partial charge in [-0.05, 0) is 55.9 Å². The maximum Gasteiger partial charge on any atom is 0.326 e. The van der Waals surface area contributed by atoms with Gasteiger partial charge in [0.25, 0.3) is 0 Å². The van der Waals surface area contributed by atoms with Gasteiger partial charge in [-0.15, -0.1) is 0 Å². The Morgan fingerprint density at radius 3 is 2.57 bits per heavy atom. The molecule has 116 valence electrons. The SMILES string of the molecule is CC(C)[C@@H](C(=O)O)N1c2ccc(F)cc2[C@@H](C)CC1(C)C. The standard InChI is InChI=1S/C17H24FNO2/c1-10(2)15(16(20)21)19-14-7-6-12(18)8-13(14)11(3)9-17(19,4)5/h6-8,10-11,15H,9H2,1-5H3,(H,20,21)/t11-,15-/m0/s1. The summed E-state index contributed by atoms with van der Waals surface area (Å²) >= 11 is 0. The molecule has 1 aliphatic heterocycles. The zero-order valence-corrected chi connectivity index (χ0v) is 13.4. The maximum atomic E-state index is 13.6. The molecule has 21 heavy (non-hydrogen) atoms. The summed E-state index contributed by atoms with van der Waals surface area (Å²) < 4.78 is 13.6. The minimum atomic E-state index is -0.831. The summed E-state index contributed by atoms with van der Waals surface area (Å²) in [6.07, 6.45) is 0.806. The van der Waals surface area contributed by atoms with Crippen LogP contribution in [0, 0.1) is 11.7 Å².